The first-order chi connectivity index (χ1) is 6.68. The summed E-state index contributed by atoms with van der Waals surface area (Å²) in [6.07, 6.45) is 0. The molecule has 0 saturated carbocycles. The third kappa shape index (κ3) is 1.45. The van der Waals surface area contributed by atoms with Gasteiger partial charge in [0.1, 0.15) is 0 Å². The molecular formula is C11H14N2O. The second-order valence-electron chi connectivity index (χ2n) is 3.69. The first-order valence-corrected chi connectivity index (χ1v) is 4.78. The molecule has 2 rings (SSSR count). The van der Waals surface area contributed by atoms with Crippen molar-refractivity contribution in [2.75, 3.05) is 25.0 Å². The third-order valence-corrected chi connectivity index (χ3v) is 2.56. The third-order valence-electron chi connectivity index (χ3n) is 2.56. The van der Waals surface area contributed by atoms with Gasteiger partial charge in [0.05, 0.1) is 0 Å². The molecule has 1 aliphatic heterocycles. The van der Waals surface area contributed by atoms with E-state index in [0.717, 1.165) is 18.8 Å². The van der Waals surface area contributed by atoms with Gasteiger partial charge in [0.15, 0.2) is 0 Å². The van der Waals surface area contributed by atoms with Crippen molar-refractivity contribution < 1.29 is 4.79 Å². The number of rotatable bonds is 1. The number of nitrogens with zero attached hydrogens (tertiary/aromatic N) is 2. The van der Waals surface area contributed by atoms with E-state index in [9.17, 15) is 4.79 Å². The second-order valence-corrected chi connectivity index (χ2v) is 3.69. The Balaban J connectivity index is 2.24. The van der Waals surface area contributed by atoms with Crippen LogP contribution in [0.5, 0.6) is 0 Å². The summed E-state index contributed by atoms with van der Waals surface area (Å²) in [6.45, 7) is 3.65. The molecule has 0 bridgehead atoms. The number of amides is 2. The standard InChI is InChI=1S/C11H14N2O/c1-9-3-5-10(6-4-9)13-8-7-12(2)11(13)14/h3-6H,7-8H2,1-2H3. The van der Waals surface area contributed by atoms with Crippen molar-refractivity contribution in [3.05, 3.63) is 29.8 Å². The number of carbonyl (C=O) groups excluding carboxylic acids is 1. The van der Waals surface area contributed by atoms with Crippen LogP contribution in [0.15, 0.2) is 24.3 Å². The number of hydrogen-bond donors (Lipinski definition) is 0. The largest absolute Gasteiger partial charge is 0.326 e. The molecule has 74 valence electrons. The van der Waals surface area contributed by atoms with Gasteiger partial charge in [-0.25, -0.2) is 4.79 Å². The molecule has 0 aromatic heterocycles. The average molecular weight is 190 g/mol. The van der Waals surface area contributed by atoms with Gasteiger partial charge in [0.25, 0.3) is 0 Å². The highest BCUT2D eigenvalue weighted by Crippen LogP contribution is 2.19. The maximum Gasteiger partial charge on any atom is 0.324 e. The molecule has 1 fully saturated rings. The van der Waals surface area contributed by atoms with Gasteiger partial charge in [-0.2, -0.15) is 0 Å². The van der Waals surface area contributed by atoms with Crippen LogP contribution in [-0.2, 0) is 0 Å². The van der Waals surface area contributed by atoms with E-state index < -0.39 is 0 Å². The number of anilines is 1. The summed E-state index contributed by atoms with van der Waals surface area (Å²) in [4.78, 5) is 15.2. The lowest BCUT2D eigenvalue weighted by molar-refractivity contribution is 0.229. The van der Waals surface area contributed by atoms with Crippen LogP contribution in [0, 0.1) is 6.92 Å². The van der Waals surface area contributed by atoms with Crippen molar-refractivity contribution in [1.29, 1.82) is 0 Å². The molecule has 1 aromatic carbocycles. The Kier molecular flexibility index (Phi) is 2.15. The lowest BCUT2D eigenvalue weighted by atomic mass is 10.2. The minimum Gasteiger partial charge on any atom is -0.326 e. The Bertz CT molecular complexity index is 345. The number of hydrogen-bond acceptors (Lipinski definition) is 1. The van der Waals surface area contributed by atoms with Crippen LogP contribution >= 0.6 is 0 Å². The van der Waals surface area contributed by atoms with Gasteiger partial charge < -0.3 is 4.90 Å². The van der Waals surface area contributed by atoms with Gasteiger partial charge >= 0.3 is 6.03 Å². The highest BCUT2D eigenvalue weighted by Gasteiger charge is 2.26. The molecule has 0 unspecified atom stereocenters. The topological polar surface area (TPSA) is 23.6 Å². The Morgan fingerprint density at radius 1 is 1.14 bits per heavy atom. The monoisotopic (exact) mass is 190 g/mol. The Morgan fingerprint density at radius 2 is 1.79 bits per heavy atom. The Hall–Kier alpha value is -1.51. The molecule has 0 radical (unpaired) electrons. The SMILES string of the molecule is Cc1ccc(N2CCN(C)C2=O)cc1. The quantitative estimate of drug-likeness (QED) is 0.663. The zero-order valence-electron chi connectivity index (χ0n) is 8.53. The molecule has 0 atom stereocenters. The molecule has 0 aliphatic carbocycles. The van der Waals surface area contributed by atoms with Crippen LogP contribution in [0.25, 0.3) is 0 Å². The molecular weight excluding hydrogens is 176 g/mol. The van der Waals surface area contributed by atoms with Crippen LogP contribution in [-0.4, -0.2) is 31.1 Å². The van der Waals surface area contributed by atoms with Gasteiger partial charge in [0.2, 0.25) is 0 Å². The van der Waals surface area contributed by atoms with Crippen molar-refractivity contribution in [3.8, 4) is 0 Å². The number of urea groups is 1. The first kappa shape index (κ1) is 9.06. The molecule has 2 amide bonds. The number of likely N-dealkylation sites (N-methyl/N-ethyl adjacent to an activating group) is 1. The summed E-state index contributed by atoms with van der Waals surface area (Å²) in [5.41, 5.74) is 2.21. The van der Waals surface area contributed by atoms with Gasteiger partial charge in [-0.3, -0.25) is 4.90 Å². The van der Waals surface area contributed by atoms with Crippen molar-refractivity contribution >= 4 is 11.7 Å². The highest BCUT2D eigenvalue weighted by atomic mass is 16.2. The molecule has 14 heavy (non-hydrogen) atoms. The van der Waals surface area contributed by atoms with Gasteiger partial charge in [0, 0.05) is 25.8 Å². The molecule has 3 nitrogen and oxygen atoms in total. The minimum atomic E-state index is 0.0915. The predicted octanol–water partition coefficient (Wildman–Crippen LogP) is 1.87. The van der Waals surface area contributed by atoms with E-state index in [1.165, 1.54) is 5.56 Å². The van der Waals surface area contributed by atoms with Gasteiger partial charge in [-0.15, -0.1) is 0 Å². The van der Waals surface area contributed by atoms with Crippen molar-refractivity contribution in [3.63, 3.8) is 0 Å². The number of benzene rings is 1. The van der Waals surface area contributed by atoms with Gasteiger partial charge in [-0.1, -0.05) is 17.7 Å². The summed E-state index contributed by atoms with van der Waals surface area (Å²) in [7, 11) is 1.83. The van der Waals surface area contributed by atoms with E-state index in [1.54, 1.807) is 9.80 Å². The highest BCUT2D eigenvalue weighted by molar-refractivity contribution is 5.93. The summed E-state index contributed by atoms with van der Waals surface area (Å²) in [5.74, 6) is 0. The maximum atomic E-state index is 11.6. The zero-order chi connectivity index (χ0) is 10.1. The van der Waals surface area contributed by atoms with Gasteiger partial charge in [-0.05, 0) is 19.1 Å². The summed E-state index contributed by atoms with van der Waals surface area (Å²) < 4.78 is 0. The fourth-order valence-electron chi connectivity index (χ4n) is 1.61. The van der Waals surface area contributed by atoms with Crippen molar-refractivity contribution in [2.45, 2.75) is 6.92 Å². The zero-order valence-corrected chi connectivity index (χ0v) is 8.53. The van der Waals surface area contributed by atoms with Crippen LogP contribution in [0.4, 0.5) is 10.5 Å². The lowest BCUT2D eigenvalue weighted by Crippen LogP contribution is -2.29. The Morgan fingerprint density at radius 3 is 2.29 bits per heavy atom. The van der Waals surface area contributed by atoms with E-state index >= 15 is 0 Å². The molecule has 1 aromatic rings. The molecule has 0 N–H and O–H groups in total. The maximum absolute atomic E-state index is 11.6. The van der Waals surface area contributed by atoms with Crippen LogP contribution in [0.1, 0.15) is 5.56 Å². The minimum absolute atomic E-state index is 0.0915. The van der Waals surface area contributed by atoms with Crippen LogP contribution in [0.2, 0.25) is 0 Å². The summed E-state index contributed by atoms with van der Waals surface area (Å²) >= 11 is 0. The fraction of sp³-hybridized carbons (Fsp3) is 0.364. The molecule has 0 spiro atoms. The van der Waals surface area contributed by atoms with E-state index in [0.29, 0.717) is 0 Å². The molecule has 3 heteroatoms. The fourth-order valence-corrected chi connectivity index (χ4v) is 1.61. The van der Waals surface area contributed by atoms with E-state index in [2.05, 4.69) is 0 Å². The summed E-state index contributed by atoms with van der Waals surface area (Å²) in [6, 6.07) is 8.13. The summed E-state index contributed by atoms with van der Waals surface area (Å²) in [5, 5.41) is 0. The first-order valence-electron chi connectivity index (χ1n) is 4.78. The second kappa shape index (κ2) is 3.33. The average Bonchev–Trinajstić information content (AvgIpc) is 2.50. The molecule has 1 heterocycles. The van der Waals surface area contributed by atoms with Crippen molar-refractivity contribution in [1.82, 2.24) is 4.90 Å². The van der Waals surface area contributed by atoms with E-state index in [1.807, 2.05) is 38.2 Å². The van der Waals surface area contributed by atoms with Crippen LogP contribution < -0.4 is 4.90 Å². The molecule has 1 aliphatic rings. The van der Waals surface area contributed by atoms with E-state index in [-0.39, 0.29) is 6.03 Å². The predicted molar refractivity (Wildman–Crippen MR) is 56.6 cm³/mol. The van der Waals surface area contributed by atoms with Crippen LogP contribution in [0.3, 0.4) is 0 Å². The lowest BCUT2D eigenvalue weighted by Gasteiger charge is -2.15. The van der Waals surface area contributed by atoms with E-state index in [4.69, 9.17) is 0 Å². The molecule has 1 saturated heterocycles. The Labute approximate surface area is 83.9 Å². The number of aryl methyl sites for hydroxylation is 1. The smallest absolute Gasteiger partial charge is 0.324 e. The van der Waals surface area contributed by atoms with Crippen molar-refractivity contribution in [2.24, 2.45) is 0 Å². The normalized spacial score (nSPS) is 16.6. The number of carbonyl (C=O) groups is 1.